The predicted molar refractivity (Wildman–Crippen MR) is 60.8 cm³/mol. The summed E-state index contributed by atoms with van der Waals surface area (Å²) in [5, 5.41) is 8.02. The second-order valence-corrected chi connectivity index (χ2v) is 3.77. The molecule has 0 aliphatic rings. The van der Waals surface area contributed by atoms with Crippen LogP contribution < -0.4 is 0 Å². The Morgan fingerprint density at radius 2 is 2.25 bits per heavy atom. The van der Waals surface area contributed by atoms with Crippen molar-refractivity contribution in [2.24, 2.45) is 7.05 Å². The lowest BCUT2D eigenvalue weighted by Gasteiger charge is -1.97. The van der Waals surface area contributed by atoms with Gasteiger partial charge in [0.1, 0.15) is 5.69 Å². The van der Waals surface area contributed by atoms with Crippen LogP contribution in [0.2, 0.25) is 0 Å². The number of rotatable bonds is 1. The van der Waals surface area contributed by atoms with E-state index in [9.17, 15) is 0 Å². The number of hydrogen-bond acceptors (Lipinski definition) is 3. The first-order valence-corrected chi connectivity index (χ1v) is 5.06. The Hall–Kier alpha value is -2.17. The number of H-pyrrole nitrogens is 1. The van der Waals surface area contributed by atoms with Gasteiger partial charge in [-0.1, -0.05) is 5.21 Å². The molecule has 5 heteroatoms. The molecule has 16 heavy (non-hydrogen) atoms. The molecule has 0 spiro atoms. The SMILES string of the molecule is Cc1nnn(C)c1-c1cc2ncccc2[nH]1. The van der Waals surface area contributed by atoms with Crippen LogP contribution >= 0.6 is 0 Å². The minimum Gasteiger partial charge on any atom is -0.352 e. The van der Waals surface area contributed by atoms with Crippen LogP contribution in [0.1, 0.15) is 5.69 Å². The second-order valence-electron chi connectivity index (χ2n) is 3.77. The highest BCUT2D eigenvalue weighted by Crippen LogP contribution is 2.23. The summed E-state index contributed by atoms with van der Waals surface area (Å²) in [7, 11) is 1.88. The van der Waals surface area contributed by atoms with Crippen molar-refractivity contribution < 1.29 is 0 Å². The van der Waals surface area contributed by atoms with Gasteiger partial charge in [0.05, 0.1) is 22.4 Å². The molecule has 0 unspecified atom stereocenters. The molecule has 80 valence electrons. The fraction of sp³-hybridized carbons (Fsp3) is 0.182. The monoisotopic (exact) mass is 213 g/mol. The van der Waals surface area contributed by atoms with Gasteiger partial charge in [0.25, 0.3) is 0 Å². The van der Waals surface area contributed by atoms with E-state index in [0.29, 0.717) is 0 Å². The average molecular weight is 213 g/mol. The molecule has 0 aromatic carbocycles. The molecule has 0 saturated heterocycles. The normalized spacial score (nSPS) is 11.1. The van der Waals surface area contributed by atoms with E-state index >= 15 is 0 Å². The molecule has 0 fully saturated rings. The van der Waals surface area contributed by atoms with Crippen molar-refractivity contribution in [3.63, 3.8) is 0 Å². The highest BCUT2D eigenvalue weighted by molar-refractivity contribution is 5.81. The molecule has 0 aliphatic carbocycles. The van der Waals surface area contributed by atoms with Crippen molar-refractivity contribution in [1.82, 2.24) is 25.0 Å². The first-order valence-electron chi connectivity index (χ1n) is 5.06. The molecule has 3 heterocycles. The molecular formula is C11H11N5. The molecule has 3 aromatic heterocycles. The maximum atomic E-state index is 4.29. The smallest absolute Gasteiger partial charge is 0.107 e. The summed E-state index contributed by atoms with van der Waals surface area (Å²) >= 11 is 0. The minimum absolute atomic E-state index is 0.911. The Morgan fingerprint density at radius 3 is 2.94 bits per heavy atom. The van der Waals surface area contributed by atoms with Crippen LogP contribution in [0.4, 0.5) is 0 Å². The molecule has 0 amide bonds. The van der Waals surface area contributed by atoms with Gasteiger partial charge < -0.3 is 4.98 Å². The van der Waals surface area contributed by atoms with Gasteiger partial charge >= 0.3 is 0 Å². The summed E-state index contributed by atoms with van der Waals surface area (Å²) in [6, 6.07) is 5.93. The van der Waals surface area contributed by atoms with Crippen LogP contribution in [0.3, 0.4) is 0 Å². The topological polar surface area (TPSA) is 59.4 Å². The van der Waals surface area contributed by atoms with Gasteiger partial charge in [0, 0.05) is 13.2 Å². The predicted octanol–water partition coefficient (Wildman–Crippen LogP) is 1.67. The van der Waals surface area contributed by atoms with Crippen LogP contribution in [0, 0.1) is 6.92 Å². The number of nitrogens with zero attached hydrogens (tertiary/aromatic N) is 4. The third kappa shape index (κ3) is 1.21. The first kappa shape index (κ1) is 9.08. The molecule has 0 atom stereocenters. The number of aromatic nitrogens is 5. The number of aromatic amines is 1. The van der Waals surface area contributed by atoms with Gasteiger partial charge in [0.15, 0.2) is 0 Å². The number of nitrogens with one attached hydrogen (secondary N) is 1. The summed E-state index contributed by atoms with van der Waals surface area (Å²) in [6.45, 7) is 1.95. The molecule has 0 bridgehead atoms. The second kappa shape index (κ2) is 3.16. The minimum atomic E-state index is 0.911. The van der Waals surface area contributed by atoms with Crippen LogP contribution in [0.5, 0.6) is 0 Å². The van der Waals surface area contributed by atoms with Crippen LogP contribution in [-0.2, 0) is 7.05 Å². The molecule has 3 aromatic rings. The average Bonchev–Trinajstić information content (AvgIpc) is 2.82. The quantitative estimate of drug-likeness (QED) is 0.668. The zero-order chi connectivity index (χ0) is 11.1. The maximum Gasteiger partial charge on any atom is 0.107 e. The number of fused-ring (bicyclic) bond motifs is 1. The number of aryl methyl sites for hydroxylation is 2. The third-order valence-corrected chi connectivity index (χ3v) is 2.64. The van der Waals surface area contributed by atoms with Crippen LogP contribution in [-0.4, -0.2) is 25.0 Å². The molecule has 3 rings (SSSR count). The maximum absolute atomic E-state index is 4.29. The third-order valence-electron chi connectivity index (χ3n) is 2.64. The van der Waals surface area contributed by atoms with Crippen LogP contribution in [0.25, 0.3) is 22.4 Å². The fourth-order valence-electron chi connectivity index (χ4n) is 1.91. The Balaban J connectivity index is 2.27. The Bertz CT molecular complexity index is 597. The molecule has 0 saturated carbocycles. The van der Waals surface area contributed by atoms with Crippen molar-refractivity contribution in [3.05, 3.63) is 30.1 Å². The Morgan fingerprint density at radius 1 is 1.38 bits per heavy atom. The lowest BCUT2D eigenvalue weighted by atomic mass is 10.2. The summed E-state index contributed by atoms with van der Waals surface area (Å²) < 4.78 is 1.76. The summed E-state index contributed by atoms with van der Waals surface area (Å²) in [5.41, 5.74) is 4.89. The fourth-order valence-corrected chi connectivity index (χ4v) is 1.91. The standard InChI is InChI=1S/C11H11N5/c1-7-11(16(2)15-14-7)10-6-9-8(13-10)4-3-5-12-9/h3-6,13H,1-2H3. The number of pyridine rings is 1. The van der Waals surface area contributed by atoms with Gasteiger partial charge in [-0.25, -0.2) is 4.68 Å². The molecule has 0 aliphatic heterocycles. The first-order chi connectivity index (χ1) is 7.75. The van der Waals surface area contributed by atoms with Gasteiger partial charge in [-0.05, 0) is 25.1 Å². The van der Waals surface area contributed by atoms with Crippen molar-refractivity contribution in [1.29, 1.82) is 0 Å². The van der Waals surface area contributed by atoms with E-state index in [4.69, 9.17) is 0 Å². The van der Waals surface area contributed by atoms with Gasteiger partial charge in [-0.15, -0.1) is 5.10 Å². The van der Waals surface area contributed by atoms with E-state index in [0.717, 1.165) is 28.1 Å². The molecule has 0 radical (unpaired) electrons. The summed E-state index contributed by atoms with van der Waals surface area (Å²) in [6.07, 6.45) is 1.79. The van der Waals surface area contributed by atoms with Crippen molar-refractivity contribution in [2.75, 3.05) is 0 Å². The van der Waals surface area contributed by atoms with E-state index in [1.807, 2.05) is 32.2 Å². The van der Waals surface area contributed by atoms with E-state index in [2.05, 4.69) is 20.3 Å². The lowest BCUT2D eigenvalue weighted by molar-refractivity contribution is 0.718. The highest BCUT2D eigenvalue weighted by Gasteiger charge is 2.11. The number of hydrogen-bond donors (Lipinski definition) is 1. The Kier molecular flexibility index (Phi) is 1.80. The summed E-state index contributed by atoms with van der Waals surface area (Å²) in [4.78, 5) is 7.61. The van der Waals surface area contributed by atoms with Gasteiger partial charge in [-0.2, -0.15) is 0 Å². The lowest BCUT2D eigenvalue weighted by Crippen LogP contribution is -1.94. The van der Waals surface area contributed by atoms with Gasteiger partial charge in [0.2, 0.25) is 0 Å². The van der Waals surface area contributed by atoms with Gasteiger partial charge in [-0.3, -0.25) is 4.98 Å². The molecule has 5 nitrogen and oxygen atoms in total. The van der Waals surface area contributed by atoms with Crippen LogP contribution in [0.15, 0.2) is 24.4 Å². The largest absolute Gasteiger partial charge is 0.352 e. The molecule has 1 N–H and O–H groups in total. The van der Waals surface area contributed by atoms with E-state index in [1.165, 1.54) is 0 Å². The highest BCUT2D eigenvalue weighted by atomic mass is 15.4. The van der Waals surface area contributed by atoms with E-state index < -0.39 is 0 Å². The zero-order valence-electron chi connectivity index (χ0n) is 9.10. The van der Waals surface area contributed by atoms with E-state index in [1.54, 1.807) is 10.9 Å². The zero-order valence-corrected chi connectivity index (χ0v) is 9.10. The summed E-state index contributed by atoms with van der Waals surface area (Å²) in [5.74, 6) is 0. The van der Waals surface area contributed by atoms with E-state index in [-0.39, 0.29) is 0 Å². The van der Waals surface area contributed by atoms with Crippen molar-refractivity contribution in [3.8, 4) is 11.4 Å². The Labute approximate surface area is 92.1 Å². The van der Waals surface area contributed by atoms with Crippen molar-refractivity contribution in [2.45, 2.75) is 6.92 Å². The van der Waals surface area contributed by atoms with Crippen molar-refractivity contribution >= 4 is 11.0 Å². The molecular weight excluding hydrogens is 202 g/mol.